The Labute approximate surface area is 198 Å². The van der Waals surface area contributed by atoms with Gasteiger partial charge in [0.25, 0.3) is 15.9 Å². The lowest BCUT2D eigenvalue weighted by Gasteiger charge is -2.21. The van der Waals surface area contributed by atoms with Gasteiger partial charge in [-0.2, -0.15) is 0 Å². The molecule has 1 unspecified atom stereocenters. The maximum Gasteiger partial charge on any atom is 0.264 e. The molecule has 0 aliphatic carbocycles. The summed E-state index contributed by atoms with van der Waals surface area (Å²) in [6.07, 6.45) is 4.16. The van der Waals surface area contributed by atoms with Crippen LogP contribution in [0, 0.1) is 0 Å². The largest absolute Gasteiger partial charge is 0.338 e. The SMILES string of the molecule is Cn1ccnc1C(NC(=O)c1cccc(S(=O)(=O)N2CCc3ccccc32)c1)c1ccccc1. The van der Waals surface area contributed by atoms with Gasteiger partial charge in [0.15, 0.2) is 0 Å². The minimum absolute atomic E-state index is 0.0881. The van der Waals surface area contributed by atoms with E-state index < -0.39 is 16.1 Å². The molecular weight excluding hydrogens is 448 g/mol. The van der Waals surface area contributed by atoms with E-state index >= 15 is 0 Å². The first-order valence-electron chi connectivity index (χ1n) is 11.0. The van der Waals surface area contributed by atoms with E-state index in [-0.39, 0.29) is 16.4 Å². The summed E-state index contributed by atoms with van der Waals surface area (Å²) < 4.78 is 30.1. The highest BCUT2D eigenvalue weighted by Crippen LogP contribution is 2.33. The van der Waals surface area contributed by atoms with Crippen LogP contribution in [0.4, 0.5) is 5.69 Å². The van der Waals surface area contributed by atoms with Gasteiger partial charge in [0.05, 0.1) is 10.6 Å². The standard InChI is InChI=1S/C26H24N4O3S/c1-29-17-15-27-25(29)24(20-9-3-2-4-10-20)28-26(31)21-11-7-12-22(18-21)34(32,33)30-16-14-19-8-5-6-13-23(19)30/h2-13,15,17-18,24H,14,16H2,1H3,(H,28,31). The van der Waals surface area contributed by atoms with Gasteiger partial charge in [0.2, 0.25) is 0 Å². The average Bonchev–Trinajstić information content (AvgIpc) is 3.49. The third-order valence-electron chi connectivity index (χ3n) is 6.05. The first kappa shape index (κ1) is 21.9. The number of para-hydroxylation sites is 1. The summed E-state index contributed by atoms with van der Waals surface area (Å²) in [5.74, 6) is 0.299. The highest BCUT2D eigenvalue weighted by Gasteiger charge is 2.31. The molecule has 1 amide bonds. The van der Waals surface area contributed by atoms with Crippen molar-refractivity contribution in [3.05, 3.63) is 114 Å². The number of imidazole rings is 1. The van der Waals surface area contributed by atoms with E-state index in [1.807, 2.05) is 72.4 Å². The molecule has 0 fully saturated rings. The fourth-order valence-electron chi connectivity index (χ4n) is 4.29. The lowest BCUT2D eigenvalue weighted by atomic mass is 10.1. The fourth-order valence-corrected chi connectivity index (χ4v) is 5.84. The van der Waals surface area contributed by atoms with Crippen LogP contribution in [0.15, 0.2) is 96.2 Å². The zero-order chi connectivity index (χ0) is 23.7. The normalized spacial score (nSPS) is 14.0. The van der Waals surface area contributed by atoms with Gasteiger partial charge in [0, 0.05) is 31.5 Å². The summed E-state index contributed by atoms with van der Waals surface area (Å²) >= 11 is 0. The average molecular weight is 473 g/mol. The van der Waals surface area contributed by atoms with Crippen LogP contribution in [0.5, 0.6) is 0 Å². The van der Waals surface area contributed by atoms with Gasteiger partial charge in [-0.1, -0.05) is 54.6 Å². The summed E-state index contributed by atoms with van der Waals surface area (Å²) in [5, 5.41) is 3.03. The summed E-state index contributed by atoms with van der Waals surface area (Å²) in [7, 11) is -1.94. The smallest absolute Gasteiger partial charge is 0.264 e. The Morgan fingerprint density at radius 3 is 2.53 bits per heavy atom. The Balaban J connectivity index is 1.45. The molecule has 1 N–H and O–H groups in total. The number of anilines is 1. The van der Waals surface area contributed by atoms with Crippen molar-refractivity contribution in [2.75, 3.05) is 10.8 Å². The van der Waals surface area contributed by atoms with E-state index in [2.05, 4.69) is 10.3 Å². The number of aromatic nitrogens is 2. The Hall–Kier alpha value is -3.91. The molecule has 0 radical (unpaired) electrons. The zero-order valence-corrected chi connectivity index (χ0v) is 19.4. The van der Waals surface area contributed by atoms with Crippen LogP contribution in [0.25, 0.3) is 0 Å². The molecule has 1 atom stereocenters. The molecule has 8 heteroatoms. The summed E-state index contributed by atoms with van der Waals surface area (Å²) in [6.45, 7) is 0.382. The number of carbonyl (C=O) groups is 1. The highest BCUT2D eigenvalue weighted by molar-refractivity contribution is 7.92. The molecule has 4 aromatic rings. The maximum atomic E-state index is 13.4. The molecule has 172 valence electrons. The van der Waals surface area contributed by atoms with E-state index in [1.165, 1.54) is 16.4 Å². The van der Waals surface area contributed by atoms with Gasteiger partial charge in [-0.05, 0) is 41.8 Å². The fraction of sp³-hybridized carbons (Fsp3) is 0.154. The van der Waals surface area contributed by atoms with E-state index in [9.17, 15) is 13.2 Å². The summed E-state index contributed by atoms with van der Waals surface area (Å²) in [4.78, 5) is 17.8. The van der Waals surface area contributed by atoms with Crippen LogP contribution in [0.1, 0.15) is 33.4 Å². The van der Waals surface area contributed by atoms with Crippen LogP contribution >= 0.6 is 0 Å². The van der Waals surface area contributed by atoms with E-state index in [4.69, 9.17) is 0 Å². The van der Waals surface area contributed by atoms with E-state index in [0.717, 1.165) is 11.1 Å². The quantitative estimate of drug-likeness (QED) is 0.464. The third-order valence-corrected chi connectivity index (χ3v) is 7.86. The van der Waals surface area contributed by atoms with Crippen LogP contribution in [-0.2, 0) is 23.5 Å². The molecule has 7 nitrogen and oxygen atoms in total. The number of nitrogens with one attached hydrogen (secondary N) is 1. The molecule has 1 aliphatic heterocycles. The van der Waals surface area contributed by atoms with Crippen LogP contribution < -0.4 is 9.62 Å². The molecule has 0 saturated heterocycles. The number of benzene rings is 3. The number of hydrogen-bond donors (Lipinski definition) is 1. The number of hydrogen-bond acceptors (Lipinski definition) is 4. The van der Waals surface area contributed by atoms with Crippen LogP contribution in [-0.4, -0.2) is 30.4 Å². The van der Waals surface area contributed by atoms with Crippen molar-refractivity contribution in [1.82, 2.24) is 14.9 Å². The van der Waals surface area contributed by atoms with E-state index in [1.54, 1.807) is 18.3 Å². The second-order valence-electron chi connectivity index (χ2n) is 8.20. The van der Waals surface area contributed by atoms with Crippen molar-refractivity contribution in [2.45, 2.75) is 17.4 Å². The van der Waals surface area contributed by atoms with Gasteiger partial charge < -0.3 is 9.88 Å². The van der Waals surface area contributed by atoms with E-state index in [0.29, 0.717) is 24.5 Å². The number of carbonyl (C=O) groups excluding carboxylic acids is 1. The van der Waals surface area contributed by atoms with Crippen molar-refractivity contribution in [3.63, 3.8) is 0 Å². The Bertz CT molecular complexity index is 1450. The van der Waals surface area contributed by atoms with Crippen molar-refractivity contribution in [3.8, 4) is 0 Å². The molecule has 2 heterocycles. The molecule has 5 rings (SSSR count). The topological polar surface area (TPSA) is 84.3 Å². The van der Waals surface area contributed by atoms with Gasteiger partial charge >= 0.3 is 0 Å². The molecule has 0 saturated carbocycles. The van der Waals surface area contributed by atoms with Crippen LogP contribution in [0.2, 0.25) is 0 Å². The molecule has 3 aromatic carbocycles. The van der Waals surface area contributed by atoms with Crippen molar-refractivity contribution < 1.29 is 13.2 Å². The number of aryl methyl sites for hydroxylation is 1. The monoisotopic (exact) mass is 472 g/mol. The lowest BCUT2D eigenvalue weighted by molar-refractivity contribution is 0.0941. The van der Waals surface area contributed by atoms with Gasteiger partial charge in [-0.3, -0.25) is 9.10 Å². The number of amides is 1. The second-order valence-corrected chi connectivity index (χ2v) is 10.1. The van der Waals surface area contributed by atoms with Gasteiger partial charge in [-0.25, -0.2) is 13.4 Å². The predicted octanol–water partition coefficient (Wildman–Crippen LogP) is 3.69. The summed E-state index contributed by atoms with van der Waals surface area (Å²) in [5.41, 5.74) is 2.84. The zero-order valence-electron chi connectivity index (χ0n) is 18.6. The number of sulfonamides is 1. The Morgan fingerprint density at radius 1 is 1.00 bits per heavy atom. The first-order valence-corrected chi connectivity index (χ1v) is 12.4. The van der Waals surface area contributed by atoms with Crippen LogP contribution in [0.3, 0.4) is 0 Å². The molecule has 1 aliphatic rings. The molecule has 34 heavy (non-hydrogen) atoms. The minimum atomic E-state index is -3.80. The first-order chi connectivity index (χ1) is 16.4. The van der Waals surface area contributed by atoms with Crippen molar-refractivity contribution >= 4 is 21.6 Å². The third kappa shape index (κ3) is 3.97. The molecular formula is C26H24N4O3S. The van der Waals surface area contributed by atoms with Gasteiger partial charge in [0.1, 0.15) is 11.9 Å². The molecule has 1 aromatic heterocycles. The van der Waals surface area contributed by atoms with Gasteiger partial charge in [-0.15, -0.1) is 0 Å². The number of fused-ring (bicyclic) bond motifs is 1. The predicted molar refractivity (Wildman–Crippen MR) is 130 cm³/mol. The molecule has 0 spiro atoms. The second kappa shape index (κ2) is 8.79. The Morgan fingerprint density at radius 2 is 1.76 bits per heavy atom. The lowest BCUT2D eigenvalue weighted by Crippen LogP contribution is -2.32. The van der Waals surface area contributed by atoms with Crippen molar-refractivity contribution in [1.29, 1.82) is 0 Å². The minimum Gasteiger partial charge on any atom is -0.338 e. The Kier molecular flexibility index (Phi) is 5.67. The number of rotatable bonds is 6. The number of nitrogens with zero attached hydrogens (tertiary/aromatic N) is 3. The maximum absolute atomic E-state index is 13.4. The highest BCUT2D eigenvalue weighted by atomic mass is 32.2. The van der Waals surface area contributed by atoms with Crippen molar-refractivity contribution in [2.24, 2.45) is 7.05 Å². The molecule has 0 bridgehead atoms. The summed E-state index contributed by atoms with van der Waals surface area (Å²) in [6, 6.07) is 22.7.